The Morgan fingerprint density at radius 1 is 0.795 bits per heavy atom. The van der Waals surface area contributed by atoms with Crippen LogP contribution in [0.15, 0.2) is 65.7 Å². The van der Waals surface area contributed by atoms with Gasteiger partial charge in [0.15, 0.2) is 34.5 Å². The number of hydrogen-bond donors (Lipinski definition) is 1. The van der Waals surface area contributed by atoms with Crippen molar-refractivity contribution < 1.29 is 28.8 Å². The zero-order valence-corrected chi connectivity index (χ0v) is 25.5. The van der Waals surface area contributed by atoms with Crippen LogP contribution >= 0.6 is 0 Å². The van der Waals surface area contributed by atoms with E-state index in [1.54, 1.807) is 21.3 Å². The molecule has 0 radical (unpaired) electrons. The third-order valence-electron chi connectivity index (χ3n) is 8.94. The van der Waals surface area contributed by atoms with Gasteiger partial charge in [0.1, 0.15) is 5.75 Å². The van der Waals surface area contributed by atoms with Gasteiger partial charge in [0.2, 0.25) is 5.75 Å². The van der Waals surface area contributed by atoms with Crippen molar-refractivity contribution in [1.82, 2.24) is 4.90 Å². The fourth-order valence-corrected chi connectivity index (χ4v) is 6.57. The number of likely N-dealkylation sites (N-methyl/N-ethyl adjacent to an activating group) is 1. The predicted octanol–water partition coefficient (Wildman–Crippen LogP) is 6.68. The maximum atomic E-state index is 11.5. The fourth-order valence-electron chi connectivity index (χ4n) is 6.57. The number of ether oxygens (including phenoxy) is 5. The zero-order valence-electron chi connectivity index (χ0n) is 25.5. The van der Waals surface area contributed by atoms with Crippen molar-refractivity contribution in [3.05, 3.63) is 94.0 Å². The van der Waals surface area contributed by atoms with Crippen LogP contribution in [0.2, 0.25) is 0 Å². The quantitative estimate of drug-likeness (QED) is 0.284. The highest BCUT2D eigenvalue weighted by Crippen LogP contribution is 2.48. The average Bonchev–Trinajstić information content (AvgIpc) is 3.04. The van der Waals surface area contributed by atoms with Crippen molar-refractivity contribution in [3.63, 3.8) is 0 Å². The minimum atomic E-state index is -0.0572. The second kappa shape index (κ2) is 11.4. The van der Waals surface area contributed by atoms with E-state index in [9.17, 15) is 5.11 Å². The lowest BCUT2D eigenvalue weighted by atomic mass is 9.88. The van der Waals surface area contributed by atoms with Gasteiger partial charge >= 0.3 is 0 Å². The summed E-state index contributed by atoms with van der Waals surface area (Å²) in [5.41, 5.74) is 7.23. The third-order valence-corrected chi connectivity index (χ3v) is 8.94. The zero-order chi connectivity index (χ0) is 30.4. The van der Waals surface area contributed by atoms with Crippen molar-refractivity contribution in [2.45, 2.75) is 31.7 Å². The maximum absolute atomic E-state index is 11.5. The molecule has 0 saturated carbocycles. The Morgan fingerprint density at radius 2 is 1.52 bits per heavy atom. The molecule has 6 bridgehead atoms. The molecule has 1 atom stereocenters. The average molecular weight is 593 g/mol. The highest BCUT2D eigenvalue weighted by molar-refractivity contribution is 6.07. The topological polar surface area (TPSA) is 82.0 Å². The molecule has 4 aromatic rings. The minimum absolute atomic E-state index is 0.0572. The summed E-state index contributed by atoms with van der Waals surface area (Å²) in [7, 11) is 7.02. The molecule has 4 aliphatic heterocycles. The lowest BCUT2D eigenvalue weighted by molar-refractivity contribution is 0.228. The van der Waals surface area contributed by atoms with E-state index < -0.39 is 0 Å². The van der Waals surface area contributed by atoms with Gasteiger partial charge in [0.05, 0.1) is 27.0 Å². The number of aromatic hydroxyl groups is 1. The largest absolute Gasteiger partial charge is 0.502 e. The number of phenols is 1. The molecule has 0 saturated heterocycles. The molecule has 0 spiro atoms. The highest BCUT2D eigenvalue weighted by atomic mass is 16.5. The van der Waals surface area contributed by atoms with Crippen molar-refractivity contribution >= 4 is 5.71 Å². The summed E-state index contributed by atoms with van der Waals surface area (Å²) >= 11 is 0. The van der Waals surface area contributed by atoms with Crippen LogP contribution in [-0.4, -0.2) is 57.2 Å². The van der Waals surface area contributed by atoms with Gasteiger partial charge in [0, 0.05) is 31.1 Å². The number of aliphatic imine (C=N–C) groups is 1. The van der Waals surface area contributed by atoms with Gasteiger partial charge in [-0.25, -0.2) is 0 Å². The van der Waals surface area contributed by atoms with Gasteiger partial charge in [-0.1, -0.05) is 18.2 Å². The first kappa shape index (κ1) is 28.1. The first-order valence-electron chi connectivity index (χ1n) is 14.9. The molecule has 0 aromatic heterocycles. The van der Waals surface area contributed by atoms with E-state index in [2.05, 4.69) is 36.2 Å². The van der Waals surface area contributed by atoms with Crippen molar-refractivity contribution in [1.29, 1.82) is 0 Å². The number of benzene rings is 4. The number of phenolic OH excluding ortho intramolecular Hbond substituents is 1. The number of fused-ring (bicyclic) bond motifs is 2. The van der Waals surface area contributed by atoms with Gasteiger partial charge < -0.3 is 28.8 Å². The van der Waals surface area contributed by atoms with E-state index >= 15 is 0 Å². The monoisotopic (exact) mass is 592 g/mol. The highest BCUT2D eigenvalue weighted by Gasteiger charge is 2.31. The van der Waals surface area contributed by atoms with Crippen LogP contribution in [0.3, 0.4) is 0 Å². The second-order valence-electron chi connectivity index (χ2n) is 11.5. The molecule has 4 heterocycles. The Morgan fingerprint density at radius 3 is 2.30 bits per heavy atom. The Balaban J connectivity index is 1.44. The smallest absolute Gasteiger partial charge is 0.202 e. The van der Waals surface area contributed by atoms with Crippen molar-refractivity contribution in [3.8, 4) is 46.0 Å². The molecule has 44 heavy (non-hydrogen) atoms. The van der Waals surface area contributed by atoms with Crippen LogP contribution in [0.1, 0.15) is 39.4 Å². The second-order valence-corrected chi connectivity index (χ2v) is 11.5. The predicted molar refractivity (Wildman–Crippen MR) is 169 cm³/mol. The molecular formula is C36H36N2O6. The molecule has 0 unspecified atom stereocenters. The Kier molecular flexibility index (Phi) is 7.30. The summed E-state index contributed by atoms with van der Waals surface area (Å²) in [4.78, 5) is 7.29. The van der Waals surface area contributed by atoms with E-state index in [-0.39, 0.29) is 11.8 Å². The summed E-state index contributed by atoms with van der Waals surface area (Å²) in [5, 5.41) is 11.5. The Bertz CT molecular complexity index is 1760. The summed E-state index contributed by atoms with van der Waals surface area (Å²) in [5.74, 6) is 3.87. The van der Waals surface area contributed by atoms with E-state index in [1.165, 1.54) is 5.56 Å². The third kappa shape index (κ3) is 4.99. The molecule has 4 aliphatic rings. The van der Waals surface area contributed by atoms with Gasteiger partial charge in [0.25, 0.3) is 0 Å². The number of nitrogens with zero attached hydrogens (tertiary/aromatic N) is 2. The van der Waals surface area contributed by atoms with Crippen molar-refractivity contribution in [2.75, 3.05) is 41.5 Å². The fraction of sp³-hybridized carbons (Fsp3) is 0.306. The molecular weight excluding hydrogens is 556 g/mol. The summed E-state index contributed by atoms with van der Waals surface area (Å²) < 4.78 is 30.2. The standard InChI is InChI=1S/C36H36N2O6/c1-38-14-12-23-18-30(41-3)32-20-26(23)28(38)16-22-7-10-29(40-2)31(17-22)43-25-8-5-21(6-9-25)15-27-34-24(11-13-37-27)19-33(42-4)35(39)36(34)44-32/h5-10,17-20,28,39H,11-16H2,1-4H3/t28-/m1/s1. The molecule has 0 fully saturated rings. The Hall–Kier alpha value is -4.69. The molecule has 0 amide bonds. The molecule has 1 N–H and O–H groups in total. The first-order chi connectivity index (χ1) is 21.4. The summed E-state index contributed by atoms with van der Waals surface area (Å²) in [6.07, 6.45) is 2.92. The van der Waals surface area contributed by atoms with Crippen LogP contribution < -0.4 is 23.7 Å². The van der Waals surface area contributed by atoms with Crippen molar-refractivity contribution in [2.24, 2.45) is 4.99 Å². The van der Waals surface area contributed by atoms with Crippen LogP contribution in [0.25, 0.3) is 0 Å². The van der Waals surface area contributed by atoms with Crippen LogP contribution in [0.5, 0.6) is 46.0 Å². The summed E-state index contributed by atoms with van der Waals surface area (Å²) in [6, 6.07) is 20.3. The van der Waals surface area contributed by atoms with E-state index in [0.717, 1.165) is 58.7 Å². The number of hydrogen-bond acceptors (Lipinski definition) is 8. The van der Waals surface area contributed by atoms with Gasteiger partial charge in [-0.15, -0.1) is 0 Å². The normalized spacial score (nSPS) is 17.3. The lowest BCUT2D eigenvalue weighted by Gasteiger charge is -2.35. The molecule has 226 valence electrons. The molecule has 0 aliphatic carbocycles. The lowest BCUT2D eigenvalue weighted by Crippen LogP contribution is -2.33. The Labute approximate surface area is 257 Å². The SMILES string of the molecule is COc1ccc2cc1Oc1ccc(cc1)CC1=NCCc3cc(OC)c(O)c(c31)Oc1cc3c(cc1OC)CCN(C)[C@@H]3C2. The van der Waals surface area contributed by atoms with Crippen LogP contribution in [0.4, 0.5) is 0 Å². The van der Waals surface area contributed by atoms with Gasteiger partial charge in [-0.05, 0) is 96.6 Å². The first-order valence-corrected chi connectivity index (χ1v) is 14.9. The van der Waals surface area contributed by atoms with Gasteiger partial charge in [-0.2, -0.15) is 0 Å². The van der Waals surface area contributed by atoms with E-state index in [4.69, 9.17) is 28.7 Å². The maximum Gasteiger partial charge on any atom is 0.202 e. The molecule has 8 nitrogen and oxygen atoms in total. The van der Waals surface area contributed by atoms with Crippen LogP contribution in [0, 0.1) is 0 Å². The summed E-state index contributed by atoms with van der Waals surface area (Å²) in [6.45, 7) is 1.56. The van der Waals surface area contributed by atoms with Gasteiger partial charge in [-0.3, -0.25) is 9.89 Å². The van der Waals surface area contributed by atoms with E-state index in [1.807, 2.05) is 36.4 Å². The minimum Gasteiger partial charge on any atom is -0.502 e. The molecule has 4 aromatic carbocycles. The van der Waals surface area contributed by atoms with Crippen LogP contribution in [-0.2, 0) is 25.7 Å². The number of methoxy groups -OCH3 is 3. The van der Waals surface area contributed by atoms with E-state index in [0.29, 0.717) is 53.9 Å². The molecule has 8 heteroatoms. The number of rotatable bonds is 3. The molecule has 8 rings (SSSR count).